The van der Waals surface area contributed by atoms with E-state index in [9.17, 15) is 9.59 Å². The third kappa shape index (κ3) is 3.37. The Balaban J connectivity index is 2.19. The molecule has 4 nitrogen and oxygen atoms in total. The highest BCUT2D eigenvalue weighted by Crippen LogP contribution is 2.34. The molecule has 0 bridgehead atoms. The predicted octanol–water partition coefficient (Wildman–Crippen LogP) is 4.87. The molecular formula is C22H23ClN2O2. The maximum atomic E-state index is 13.1. The Hall–Kier alpha value is -2.59. The van der Waals surface area contributed by atoms with Gasteiger partial charge in [-0.25, -0.2) is 0 Å². The molecule has 1 heterocycles. The van der Waals surface area contributed by atoms with Crippen LogP contribution < -0.4 is 5.32 Å². The van der Waals surface area contributed by atoms with Gasteiger partial charge in [0.1, 0.15) is 5.70 Å². The quantitative estimate of drug-likeness (QED) is 0.768. The molecule has 0 aromatic heterocycles. The van der Waals surface area contributed by atoms with Gasteiger partial charge in [0.15, 0.2) is 0 Å². The van der Waals surface area contributed by atoms with E-state index in [1.54, 1.807) is 6.07 Å². The van der Waals surface area contributed by atoms with Crippen molar-refractivity contribution in [1.29, 1.82) is 0 Å². The average Bonchev–Trinajstić information content (AvgIpc) is 2.83. The molecular weight excluding hydrogens is 360 g/mol. The number of imide groups is 1. The second-order valence-electron chi connectivity index (χ2n) is 7.18. The standard InChI is InChI=1S/C22H23ClN2O2/c1-12(2)25-21(26)19(16-10-9-13(3)11-14(16)4)20(22(25)27)24-18-8-6-7-17(23)15(18)5/h6-12,24H,1-5H3. The highest BCUT2D eigenvalue weighted by molar-refractivity contribution is 6.37. The lowest BCUT2D eigenvalue weighted by Gasteiger charge is -2.19. The van der Waals surface area contributed by atoms with Gasteiger partial charge >= 0.3 is 0 Å². The van der Waals surface area contributed by atoms with E-state index >= 15 is 0 Å². The summed E-state index contributed by atoms with van der Waals surface area (Å²) in [5.74, 6) is -0.589. The van der Waals surface area contributed by atoms with E-state index in [4.69, 9.17) is 11.6 Å². The largest absolute Gasteiger partial charge is 0.350 e. The molecule has 0 atom stereocenters. The molecule has 2 aromatic carbocycles. The van der Waals surface area contributed by atoms with Crippen LogP contribution in [0, 0.1) is 20.8 Å². The Morgan fingerprint density at radius 2 is 1.70 bits per heavy atom. The molecule has 0 spiro atoms. The molecule has 1 N–H and O–H groups in total. The van der Waals surface area contributed by atoms with Gasteiger partial charge in [0, 0.05) is 16.8 Å². The molecule has 0 aliphatic carbocycles. The van der Waals surface area contributed by atoms with Crippen LogP contribution in [0.25, 0.3) is 5.57 Å². The van der Waals surface area contributed by atoms with Crippen LogP contribution in [-0.2, 0) is 9.59 Å². The topological polar surface area (TPSA) is 49.4 Å². The Labute approximate surface area is 164 Å². The monoisotopic (exact) mass is 382 g/mol. The van der Waals surface area contributed by atoms with Gasteiger partial charge in [-0.3, -0.25) is 14.5 Å². The van der Waals surface area contributed by atoms with E-state index in [1.165, 1.54) is 4.90 Å². The molecule has 0 fully saturated rings. The summed E-state index contributed by atoms with van der Waals surface area (Å²) >= 11 is 6.22. The van der Waals surface area contributed by atoms with Gasteiger partial charge in [-0.05, 0) is 63.4 Å². The molecule has 1 aliphatic heterocycles. The van der Waals surface area contributed by atoms with Crippen molar-refractivity contribution < 1.29 is 9.59 Å². The van der Waals surface area contributed by atoms with Gasteiger partial charge in [0.05, 0.1) is 5.57 Å². The molecule has 140 valence electrons. The van der Waals surface area contributed by atoms with E-state index in [0.717, 1.165) is 22.3 Å². The number of carbonyl (C=O) groups is 2. The third-order valence-electron chi connectivity index (χ3n) is 4.81. The first kappa shape index (κ1) is 19.2. The smallest absolute Gasteiger partial charge is 0.278 e. The number of benzene rings is 2. The maximum Gasteiger partial charge on any atom is 0.278 e. The fourth-order valence-corrected chi connectivity index (χ4v) is 3.53. The predicted molar refractivity (Wildman–Crippen MR) is 110 cm³/mol. The van der Waals surface area contributed by atoms with Crippen LogP contribution in [0.3, 0.4) is 0 Å². The van der Waals surface area contributed by atoms with Crippen LogP contribution in [-0.4, -0.2) is 22.8 Å². The van der Waals surface area contributed by atoms with E-state index in [0.29, 0.717) is 22.0 Å². The second kappa shape index (κ2) is 7.20. The lowest BCUT2D eigenvalue weighted by molar-refractivity contribution is -0.138. The first-order valence-corrected chi connectivity index (χ1v) is 9.32. The molecule has 3 rings (SSSR count). The number of carbonyl (C=O) groups excluding carboxylic acids is 2. The number of halogens is 1. The minimum Gasteiger partial charge on any atom is -0.350 e. The van der Waals surface area contributed by atoms with E-state index in [2.05, 4.69) is 5.32 Å². The van der Waals surface area contributed by atoms with Crippen LogP contribution in [0.5, 0.6) is 0 Å². The molecule has 5 heteroatoms. The summed E-state index contributed by atoms with van der Waals surface area (Å²) in [6, 6.07) is 11.1. The zero-order valence-electron chi connectivity index (χ0n) is 16.2. The molecule has 2 amide bonds. The first-order valence-electron chi connectivity index (χ1n) is 8.94. The Morgan fingerprint density at radius 3 is 2.33 bits per heavy atom. The van der Waals surface area contributed by atoms with Gasteiger partial charge < -0.3 is 5.32 Å². The Morgan fingerprint density at radius 1 is 1.00 bits per heavy atom. The highest BCUT2D eigenvalue weighted by Gasteiger charge is 2.41. The zero-order chi connectivity index (χ0) is 19.9. The number of anilines is 1. The van der Waals surface area contributed by atoms with Crippen molar-refractivity contribution in [3.05, 3.63) is 69.4 Å². The van der Waals surface area contributed by atoms with E-state index < -0.39 is 0 Å². The number of hydrogen-bond donors (Lipinski definition) is 1. The van der Waals surface area contributed by atoms with E-state index in [1.807, 2.05) is 65.0 Å². The van der Waals surface area contributed by atoms with Crippen LogP contribution in [0.2, 0.25) is 5.02 Å². The molecule has 27 heavy (non-hydrogen) atoms. The van der Waals surface area contributed by atoms with Crippen molar-refractivity contribution >= 4 is 34.7 Å². The summed E-state index contributed by atoms with van der Waals surface area (Å²) in [6.45, 7) is 9.50. The van der Waals surface area contributed by atoms with Crippen molar-refractivity contribution in [1.82, 2.24) is 4.90 Å². The number of amides is 2. The summed E-state index contributed by atoms with van der Waals surface area (Å²) in [5, 5.41) is 3.79. The van der Waals surface area contributed by atoms with Gasteiger partial charge in [0.25, 0.3) is 11.8 Å². The molecule has 1 aliphatic rings. The summed E-state index contributed by atoms with van der Waals surface area (Å²) in [4.78, 5) is 27.5. The van der Waals surface area contributed by atoms with Crippen LogP contribution in [0.15, 0.2) is 42.1 Å². The zero-order valence-corrected chi connectivity index (χ0v) is 16.9. The molecule has 0 saturated carbocycles. The fourth-order valence-electron chi connectivity index (χ4n) is 3.35. The Kier molecular flexibility index (Phi) is 5.11. The summed E-state index contributed by atoms with van der Waals surface area (Å²) in [5.41, 5.74) is 5.08. The normalized spacial score (nSPS) is 14.6. The lowest BCUT2D eigenvalue weighted by Crippen LogP contribution is -2.38. The van der Waals surface area contributed by atoms with Crippen molar-refractivity contribution in [2.45, 2.75) is 40.7 Å². The van der Waals surface area contributed by atoms with Crippen molar-refractivity contribution in [2.75, 3.05) is 5.32 Å². The van der Waals surface area contributed by atoms with Crippen LogP contribution >= 0.6 is 11.6 Å². The minimum atomic E-state index is -0.315. The maximum absolute atomic E-state index is 13.1. The van der Waals surface area contributed by atoms with E-state index in [-0.39, 0.29) is 17.9 Å². The number of nitrogens with one attached hydrogen (secondary N) is 1. The van der Waals surface area contributed by atoms with Crippen LogP contribution in [0.1, 0.15) is 36.1 Å². The molecule has 2 aromatic rings. The highest BCUT2D eigenvalue weighted by atomic mass is 35.5. The average molecular weight is 383 g/mol. The number of hydrogen-bond acceptors (Lipinski definition) is 3. The second-order valence-corrected chi connectivity index (χ2v) is 7.59. The lowest BCUT2D eigenvalue weighted by atomic mass is 9.97. The summed E-state index contributed by atoms with van der Waals surface area (Å²) in [6.07, 6.45) is 0. The van der Waals surface area contributed by atoms with Crippen LogP contribution in [0.4, 0.5) is 5.69 Å². The molecule has 0 unspecified atom stereocenters. The third-order valence-corrected chi connectivity index (χ3v) is 5.22. The number of aryl methyl sites for hydroxylation is 2. The van der Waals surface area contributed by atoms with Gasteiger partial charge in [0.2, 0.25) is 0 Å². The van der Waals surface area contributed by atoms with Crippen molar-refractivity contribution in [3.63, 3.8) is 0 Å². The minimum absolute atomic E-state index is 0.231. The van der Waals surface area contributed by atoms with Gasteiger partial charge in [-0.2, -0.15) is 0 Å². The summed E-state index contributed by atoms with van der Waals surface area (Å²) < 4.78 is 0. The van der Waals surface area contributed by atoms with Gasteiger partial charge in [-0.1, -0.05) is 41.4 Å². The number of nitrogens with zero attached hydrogens (tertiary/aromatic N) is 1. The first-order chi connectivity index (χ1) is 12.7. The summed E-state index contributed by atoms with van der Waals surface area (Å²) in [7, 11) is 0. The SMILES string of the molecule is Cc1ccc(C2=C(Nc3cccc(Cl)c3C)C(=O)N(C(C)C)C2=O)c(C)c1. The van der Waals surface area contributed by atoms with Gasteiger partial charge in [-0.15, -0.1) is 0 Å². The number of rotatable bonds is 4. The molecule has 0 saturated heterocycles. The van der Waals surface area contributed by atoms with Crippen molar-refractivity contribution in [2.24, 2.45) is 0 Å². The molecule has 0 radical (unpaired) electrons. The fraction of sp³-hybridized carbons (Fsp3) is 0.273. The van der Waals surface area contributed by atoms with Crippen molar-refractivity contribution in [3.8, 4) is 0 Å². The Bertz CT molecular complexity index is 976.